The lowest BCUT2D eigenvalue weighted by atomic mass is 9.73. The second kappa shape index (κ2) is 13.4. The van der Waals surface area contributed by atoms with Crippen LogP contribution < -0.4 is 5.56 Å². The van der Waals surface area contributed by atoms with Gasteiger partial charge in [0.25, 0.3) is 5.56 Å². The predicted molar refractivity (Wildman–Crippen MR) is 169 cm³/mol. The van der Waals surface area contributed by atoms with E-state index in [9.17, 15) is 14.4 Å². The van der Waals surface area contributed by atoms with Gasteiger partial charge in [0.15, 0.2) is 5.69 Å². The van der Waals surface area contributed by atoms with Crippen LogP contribution in [-0.2, 0) is 14.4 Å². The Morgan fingerprint density at radius 2 is 1.59 bits per heavy atom. The first-order valence-corrected chi connectivity index (χ1v) is 16.7. The molecule has 4 atom stereocenters. The number of para-hydroxylation sites is 2. The van der Waals surface area contributed by atoms with E-state index in [1.54, 1.807) is 14.1 Å². The third-order valence-electron chi connectivity index (χ3n) is 10.7. The van der Waals surface area contributed by atoms with E-state index < -0.39 is 12.6 Å². The van der Waals surface area contributed by atoms with Crippen molar-refractivity contribution in [2.75, 3.05) is 20.7 Å². The molecule has 4 bridgehead atoms. The van der Waals surface area contributed by atoms with Crippen LogP contribution >= 0.6 is 0 Å². The third-order valence-corrected chi connectivity index (χ3v) is 10.7. The van der Waals surface area contributed by atoms with Gasteiger partial charge in [0.05, 0.1) is 11.0 Å². The number of hydrogen-bond acceptors (Lipinski definition) is 7. The van der Waals surface area contributed by atoms with Gasteiger partial charge in [-0.3, -0.25) is 14.5 Å². The fraction of sp³-hybridized carbons (Fsp3) is 0.676. The molecule has 2 saturated carbocycles. The fourth-order valence-corrected chi connectivity index (χ4v) is 8.83. The van der Waals surface area contributed by atoms with Crippen LogP contribution in [0.4, 0.5) is 0 Å². The molecule has 1 N–H and O–H groups in total. The van der Waals surface area contributed by atoms with E-state index in [-0.39, 0.29) is 41.8 Å². The van der Waals surface area contributed by atoms with Crippen LogP contribution in [0.3, 0.4) is 0 Å². The van der Waals surface area contributed by atoms with Crippen molar-refractivity contribution in [2.24, 2.45) is 17.0 Å². The summed E-state index contributed by atoms with van der Waals surface area (Å²) in [6.07, 6.45) is 15.3. The number of carbonyl (C=O) groups excluding carboxylic acids is 1. The molecular weight excluding hydrogens is 558 g/mol. The molecule has 4 aliphatic rings. The van der Waals surface area contributed by atoms with E-state index in [4.69, 9.17) is 14.9 Å². The summed E-state index contributed by atoms with van der Waals surface area (Å²) in [7, 11) is 3.34. The van der Waals surface area contributed by atoms with Gasteiger partial charge < -0.3 is 19.4 Å². The highest BCUT2D eigenvalue weighted by Crippen LogP contribution is 2.47. The van der Waals surface area contributed by atoms with E-state index in [1.165, 1.54) is 69.1 Å². The van der Waals surface area contributed by atoms with Crippen molar-refractivity contribution < 1.29 is 19.5 Å². The molecule has 4 unspecified atom stereocenters. The van der Waals surface area contributed by atoms with Crippen LogP contribution in [0.1, 0.15) is 102 Å². The Hall–Kier alpha value is -3.27. The molecule has 3 heterocycles. The summed E-state index contributed by atoms with van der Waals surface area (Å²) in [6, 6.07) is 9.32. The summed E-state index contributed by atoms with van der Waals surface area (Å²) in [4.78, 5) is 52.2. The first-order valence-electron chi connectivity index (χ1n) is 16.7. The minimum atomic E-state index is -1.17. The predicted octanol–water partition coefficient (Wildman–Crippen LogP) is 4.99. The highest BCUT2D eigenvalue weighted by atomic mass is 16.6. The number of fused-ring (bicyclic) bond motifs is 5. The number of oxime groups is 1. The molecule has 2 saturated heterocycles. The summed E-state index contributed by atoms with van der Waals surface area (Å²) in [5.74, 6) is 0.445. The number of aromatic nitrogens is 2. The molecule has 2 aliphatic carbocycles. The highest BCUT2D eigenvalue weighted by Gasteiger charge is 2.45. The van der Waals surface area contributed by atoms with E-state index in [2.05, 4.69) is 10.1 Å². The van der Waals surface area contributed by atoms with Gasteiger partial charge in [-0.2, -0.15) is 0 Å². The Morgan fingerprint density at radius 3 is 2.25 bits per heavy atom. The van der Waals surface area contributed by atoms with E-state index in [0.29, 0.717) is 23.6 Å². The molecule has 6 rings (SSSR count). The van der Waals surface area contributed by atoms with Crippen LogP contribution in [0.2, 0.25) is 0 Å². The van der Waals surface area contributed by atoms with Gasteiger partial charge in [-0.05, 0) is 68.9 Å². The number of carbonyl (C=O) groups is 2. The topological polar surface area (TPSA) is 117 Å². The lowest BCUT2D eigenvalue weighted by molar-refractivity contribution is -0.142. The van der Waals surface area contributed by atoms with E-state index in [0.717, 1.165) is 30.2 Å². The first kappa shape index (κ1) is 30.7. The average Bonchev–Trinajstić information content (AvgIpc) is 3.16. The van der Waals surface area contributed by atoms with Crippen molar-refractivity contribution in [1.29, 1.82) is 0 Å². The zero-order valence-electron chi connectivity index (χ0n) is 26.2. The van der Waals surface area contributed by atoms with Crippen molar-refractivity contribution in [1.82, 2.24) is 19.4 Å². The number of nitrogens with zero attached hydrogens (tertiary/aromatic N) is 5. The molecule has 4 fully saturated rings. The zero-order chi connectivity index (χ0) is 30.8. The third kappa shape index (κ3) is 6.55. The van der Waals surface area contributed by atoms with Gasteiger partial charge in [0.2, 0.25) is 12.5 Å². The molecule has 10 heteroatoms. The van der Waals surface area contributed by atoms with Crippen molar-refractivity contribution in [2.45, 2.75) is 114 Å². The molecule has 2 aromatic rings. The van der Waals surface area contributed by atoms with Gasteiger partial charge in [-0.25, -0.2) is 9.78 Å². The molecule has 1 aromatic carbocycles. The zero-order valence-corrected chi connectivity index (χ0v) is 26.2. The van der Waals surface area contributed by atoms with Gasteiger partial charge in [-0.1, -0.05) is 49.4 Å². The van der Waals surface area contributed by atoms with Crippen LogP contribution in [-0.4, -0.2) is 80.9 Å². The lowest BCUT2D eigenvalue weighted by Crippen LogP contribution is -2.58. The summed E-state index contributed by atoms with van der Waals surface area (Å²) < 4.78 is 1.93. The molecule has 0 radical (unpaired) electrons. The molecule has 44 heavy (non-hydrogen) atoms. The summed E-state index contributed by atoms with van der Waals surface area (Å²) >= 11 is 0. The number of amides is 1. The van der Waals surface area contributed by atoms with Crippen molar-refractivity contribution >= 4 is 28.6 Å². The second-order valence-electron chi connectivity index (χ2n) is 13.8. The van der Waals surface area contributed by atoms with Gasteiger partial charge in [-0.15, -0.1) is 0 Å². The standard InChI is InChI=1S/C34H47N5O5/c1-37(2)31(40)15-14-29(36-44-21-32(41)42)33-34(43)39(30-13-6-5-12-28(30)35-33)27-19-24-10-7-11-25(20-27)38(24)26-17-22-8-3-4-9-23(16-22)18-26/h5-6,12-13,22-27H,3-4,7-11,14-21H2,1-2H3,(H,41,42)/b36-29+. The van der Waals surface area contributed by atoms with Crippen LogP contribution in [0, 0.1) is 11.8 Å². The Kier molecular flexibility index (Phi) is 9.35. The number of carboxylic acid groups (broad SMARTS) is 1. The first-order chi connectivity index (χ1) is 21.3. The molecule has 238 valence electrons. The number of carboxylic acids is 1. The maximum absolute atomic E-state index is 14.4. The molecule has 1 aromatic heterocycles. The highest BCUT2D eigenvalue weighted by molar-refractivity contribution is 6.01. The number of benzene rings is 1. The van der Waals surface area contributed by atoms with E-state index >= 15 is 0 Å². The minimum absolute atomic E-state index is 0.0242. The van der Waals surface area contributed by atoms with Crippen molar-refractivity contribution in [3.63, 3.8) is 0 Å². The fourth-order valence-electron chi connectivity index (χ4n) is 8.83. The van der Waals surface area contributed by atoms with Gasteiger partial charge >= 0.3 is 5.97 Å². The van der Waals surface area contributed by atoms with Crippen LogP contribution in [0.15, 0.2) is 34.2 Å². The maximum atomic E-state index is 14.4. The van der Waals surface area contributed by atoms with Crippen LogP contribution in [0.5, 0.6) is 0 Å². The molecule has 10 nitrogen and oxygen atoms in total. The van der Waals surface area contributed by atoms with Gasteiger partial charge in [0, 0.05) is 51.1 Å². The molecular formula is C34H47N5O5. The Morgan fingerprint density at radius 1 is 0.909 bits per heavy atom. The Balaban J connectivity index is 1.33. The minimum Gasteiger partial charge on any atom is -0.479 e. The van der Waals surface area contributed by atoms with Gasteiger partial charge in [0.1, 0.15) is 5.71 Å². The quantitative estimate of drug-likeness (QED) is 0.316. The van der Waals surface area contributed by atoms with Crippen molar-refractivity contribution in [3.05, 3.63) is 40.3 Å². The smallest absolute Gasteiger partial charge is 0.344 e. The molecule has 0 spiro atoms. The number of piperidine rings is 2. The largest absolute Gasteiger partial charge is 0.479 e. The Bertz CT molecular complexity index is 1430. The van der Waals surface area contributed by atoms with E-state index in [1.807, 2.05) is 28.8 Å². The van der Waals surface area contributed by atoms with Crippen molar-refractivity contribution in [3.8, 4) is 0 Å². The van der Waals surface area contributed by atoms with Crippen LogP contribution in [0.25, 0.3) is 11.0 Å². The number of hydrogen-bond donors (Lipinski definition) is 1. The summed E-state index contributed by atoms with van der Waals surface area (Å²) in [5, 5.41) is 13.2. The average molecular weight is 606 g/mol. The molecule has 2 aliphatic heterocycles. The summed E-state index contributed by atoms with van der Waals surface area (Å²) in [6.45, 7) is -0.641. The normalized spacial score (nSPS) is 29.2. The SMILES string of the molecule is CN(C)C(=O)CC/C(=N\OCC(=O)O)c1nc2ccccc2n(C2CC3CCCC(C2)N3C2CC3CCCCC(C3)C2)c1=O. The lowest BCUT2D eigenvalue weighted by Gasteiger charge is -2.54. The second-order valence-corrected chi connectivity index (χ2v) is 13.8. The summed E-state index contributed by atoms with van der Waals surface area (Å²) in [5.41, 5.74) is 1.56. The Labute approximate surface area is 259 Å². The molecule has 1 amide bonds. The number of rotatable bonds is 9. The maximum Gasteiger partial charge on any atom is 0.344 e. The monoisotopic (exact) mass is 605 g/mol. The number of aliphatic carboxylic acids is 1.